The number of ether oxygens (including phenoxy) is 3. The normalized spacial score (nSPS) is 20.2. The van der Waals surface area contributed by atoms with Crippen LogP contribution < -0.4 is 0 Å². The van der Waals surface area contributed by atoms with Crippen LogP contribution in [0, 0.1) is 0 Å². The van der Waals surface area contributed by atoms with Gasteiger partial charge in [-0.2, -0.15) is 0 Å². The fourth-order valence-electron chi connectivity index (χ4n) is 1.22. The number of rotatable bonds is 8. The van der Waals surface area contributed by atoms with Crippen LogP contribution in [0.25, 0.3) is 0 Å². The van der Waals surface area contributed by atoms with Gasteiger partial charge in [0.15, 0.2) is 0 Å². The molecule has 0 aromatic heterocycles. The molecule has 0 radical (unpaired) electrons. The zero-order chi connectivity index (χ0) is 12.0. The Morgan fingerprint density at radius 2 is 2.31 bits per heavy atom. The van der Waals surface area contributed by atoms with Crippen LogP contribution in [0.1, 0.15) is 26.7 Å². The van der Waals surface area contributed by atoms with E-state index in [0.29, 0.717) is 25.2 Å². The highest BCUT2D eigenvalue weighted by Crippen LogP contribution is 2.13. The first-order chi connectivity index (χ1) is 7.63. The second kappa shape index (κ2) is 6.66. The Morgan fingerprint density at radius 1 is 1.62 bits per heavy atom. The summed E-state index contributed by atoms with van der Waals surface area (Å²) in [7, 11) is 0. The fourth-order valence-corrected chi connectivity index (χ4v) is 1.22. The van der Waals surface area contributed by atoms with Gasteiger partial charge >= 0.3 is 5.97 Å². The molecule has 0 spiro atoms. The maximum atomic E-state index is 11.4. The predicted molar refractivity (Wildman–Crippen MR) is 60.2 cm³/mol. The smallest absolute Gasteiger partial charge is 0.333 e. The second-order valence-electron chi connectivity index (χ2n) is 4.04. The third-order valence-electron chi connectivity index (χ3n) is 2.23. The molecule has 2 atom stereocenters. The van der Waals surface area contributed by atoms with E-state index in [9.17, 15) is 4.79 Å². The summed E-state index contributed by atoms with van der Waals surface area (Å²) >= 11 is 0. The van der Waals surface area contributed by atoms with Crippen molar-refractivity contribution in [1.29, 1.82) is 0 Å². The molecule has 0 aromatic carbocycles. The van der Waals surface area contributed by atoms with Gasteiger partial charge in [0, 0.05) is 12.0 Å². The molecular formula is C12H20O4. The van der Waals surface area contributed by atoms with Crippen LogP contribution in [0.2, 0.25) is 0 Å². The lowest BCUT2D eigenvalue weighted by molar-refractivity contribution is -0.139. The van der Waals surface area contributed by atoms with Gasteiger partial charge in [-0.3, -0.25) is 0 Å². The summed E-state index contributed by atoms with van der Waals surface area (Å²) in [5.41, 5.74) is 0.470. The molecule has 1 saturated heterocycles. The van der Waals surface area contributed by atoms with Crippen LogP contribution >= 0.6 is 0 Å². The van der Waals surface area contributed by atoms with E-state index in [1.54, 1.807) is 0 Å². The molecule has 4 nitrogen and oxygen atoms in total. The monoisotopic (exact) mass is 228 g/mol. The first-order valence-electron chi connectivity index (χ1n) is 5.71. The minimum atomic E-state index is -0.319. The van der Waals surface area contributed by atoms with Crippen LogP contribution in [-0.4, -0.2) is 38.0 Å². The molecule has 92 valence electrons. The molecule has 2 unspecified atom stereocenters. The molecule has 0 aromatic rings. The Hall–Kier alpha value is -0.870. The topological polar surface area (TPSA) is 48.1 Å². The Morgan fingerprint density at radius 3 is 2.88 bits per heavy atom. The van der Waals surface area contributed by atoms with Gasteiger partial charge < -0.3 is 14.2 Å². The minimum absolute atomic E-state index is 0.0223. The van der Waals surface area contributed by atoms with Gasteiger partial charge in [0.25, 0.3) is 0 Å². The highest BCUT2D eigenvalue weighted by Gasteiger charge is 2.23. The van der Waals surface area contributed by atoms with E-state index in [2.05, 4.69) is 6.58 Å². The van der Waals surface area contributed by atoms with Crippen LogP contribution in [0.3, 0.4) is 0 Å². The third kappa shape index (κ3) is 5.28. The van der Waals surface area contributed by atoms with Gasteiger partial charge in [-0.15, -0.1) is 0 Å². The number of esters is 1. The molecular weight excluding hydrogens is 208 g/mol. The molecule has 1 fully saturated rings. The largest absolute Gasteiger partial charge is 0.462 e. The van der Waals surface area contributed by atoms with Gasteiger partial charge in [0.2, 0.25) is 0 Å². The van der Waals surface area contributed by atoms with Crippen molar-refractivity contribution in [2.24, 2.45) is 0 Å². The SMILES string of the molecule is C=C(CC(C)OCC1CO1)C(=O)OCCC. The first-order valence-corrected chi connectivity index (χ1v) is 5.71. The van der Waals surface area contributed by atoms with Crippen LogP contribution in [0.4, 0.5) is 0 Å². The summed E-state index contributed by atoms with van der Waals surface area (Å²) < 4.78 is 15.5. The molecule has 1 heterocycles. The Bertz CT molecular complexity index is 245. The van der Waals surface area contributed by atoms with Gasteiger partial charge in [0.1, 0.15) is 6.10 Å². The highest BCUT2D eigenvalue weighted by atomic mass is 16.6. The number of hydrogen-bond acceptors (Lipinski definition) is 4. The molecule has 0 saturated carbocycles. The summed E-state index contributed by atoms with van der Waals surface area (Å²) in [5, 5.41) is 0. The number of epoxide rings is 1. The van der Waals surface area contributed by atoms with Crippen molar-refractivity contribution >= 4 is 5.97 Å². The van der Waals surface area contributed by atoms with Crippen molar-refractivity contribution in [3.63, 3.8) is 0 Å². The molecule has 1 aliphatic rings. The quantitative estimate of drug-likeness (QED) is 0.360. The number of carbonyl (C=O) groups is 1. The van der Waals surface area contributed by atoms with Gasteiger partial charge in [-0.25, -0.2) is 4.79 Å². The molecule has 0 N–H and O–H groups in total. The molecule has 1 rings (SSSR count). The van der Waals surface area contributed by atoms with Crippen LogP contribution in [0.5, 0.6) is 0 Å². The van der Waals surface area contributed by atoms with E-state index >= 15 is 0 Å². The second-order valence-corrected chi connectivity index (χ2v) is 4.04. The number of hydrogen-bond donors (Lipinski definition) is 0. The van der Waals surface area contributed by atoms with E-state index in [0.717, 1.165) is 13.0 Å². The molecule has 0 amide bonds. The lowest BCUT2D eigenvalue weighted by Crippen LogP contribution is -2.17. The van der Waals surface area contributed by atoms with Crippen molar-refractivity contribution in [3.05, 3.63) is 12.2 Å². The maximum absolute atomic E-state index is 11.4. The van der Waals surface area contributed by atoms with Crippen LogP contribution in [0.15, 0.2) is 12.2 Å². The summed E-state index contributed by atoms with van der Waals surface area (Å²) in [6, 6.07) is 0. The zero-order valence-electron chi connectivity index (χ0n) is 10.0. The molecule has 1 aliphatic heterocycles. The average Bonchev–Trinajstić information content (AvgIpc) is 3.06. The van der Waals surface area contributed by atoms with Gasteiger partial charge in [-0.1, -0.05) is 13.5 Å². The summed E-state index contributed by atoms with van der Waals surface area (Å²) in [6.45, 7) is 9.40. The molecule has 0 bridgehead atoms. The fraction of sp³-hybridized carbons (Fsp3) is 0.750. The van der Waals surface area contributed by atoms with Crippen LogP contribution in [-0.2, 0) is 19.0 Å². The van der Waals surface area contributed by atoms with Crippen molar-refractivity contribution in [2.75, 3.05) is 19.8 Å². The van der Waals surface area contributed by atoms with Gasteiger partial charge in [0.05, 0.1) is 25.9 Å². The standard InChI is InChI=1S/C12H20O4/c1-4-5-14-12(13)9(2)6-10(3)15-7-11-8-16-11/h10-11H,2,4-8H2,1,3H3. The van der Waals surface area contributed by atoms with E-state index in [1.165, 1.54) is 0 Å². The van der Waals surface area contributed by atoms with Gasteiger partial charge in [-0.05, 0) is 13.3 Å². The average molecular weight is 228 g/mol. The van der Waals surface area contributed by atoms with E-state index < -0.39 is 0 Å². The van der Waals surface area contributed by atoms with Crippen molar-refractivity contribution in [1.82, 2.24) is 0 Å². The lowest BCUT2D eigenvalue weighted by atomic mass is 10.1. The molecule has 0 aliphatic carbocycles. The highest BCUT2D eigenvalue weighted by molar-refractivity contribution is 5.87. The summed E-state index contributed by atoms with van der Waals surface area (Å²) in [4.78, 5) is 11.4. The lowest BCUT2D eigenvalue weighted by Gasteiger charge is -2.13. The van der Waals surface area contributed by atoms with Crippen molar-refractivity contribution in [2.45, 2.75) is 38.9 Å². The first kappa shape index (κ1) is 13.2. The molecule has 16 heavy (non-hydrogen) atoms. The van der Waals surface area contributed by atoms with Crippen molar-refractivity contribution in [3.8, 4) is 0 Å². The Kier molecular flexibility index (Phi) is 5.49. The Labute approximate surface area is 96.6 Å². The maximum Gasteiger partial charge on any atom is 0.333 e. The summed E-state index contributed by atoms with van der Waals surface area (Å²) in [6.07, 6.45) is 1.56. The molecule has 4 heteroatoms. The predicted octanol–water partition coefficient (Wildman–Crippen LogP) is 1.69. The van der Waals surface area contributed by atoms with Crippen molar-refractivity contribution < 1.29 is 19.0 Å². The van der Waals surface area contributed by atoms with E-state index in [1.807, 2.05) is 13.8 Å². The minimum Gasteiger partial charge on any atom is -0.462 e. The van der Waals surface area contributed by atoms with E-state index in [-0.39, 0.29) is 18.2 Å². The summed E-state index contributed by atoms with van der Waals surface area (Å²) in [5.74, 6) is -0.319. The third-order valence-corrected chi connectivity index (χ3v) is 2.23. The zero-order valence-corrected chi connectivity index (χ0v) is 10.0. The van der Waals surface area contributed by atoms with E-state index in [4.69, 9.17) is 14.2 Å². The number of carbonyl (C=O) groups excluding carboxylic acids is 1. The Balaban J connectivity index is 2.12.